The first-order valence-electron chi connectivity index (χ1n) is 9.24. The molecule has 3 aromatic rings. The van der Waals surface area contributed by atoms with E-state index in [-0.39, 0.29) is 18.1 Å². The van der Waals surface area contributed by atoms with Crippen molar-refractivity contribution in [1.29, 1.82) is 0 Å². The Balaban J connectivity index is 1.59. The summed E-state index contributed by atoms with van der Waals surface area (Å²) >= 11 is 0. The molecule has 28 heavy (non-hydrogen) atoms. The fourth-order valence-electron chi connectivity index (χ4n) is 3.31. The van der Waals surface area contributed by atoms with Gasteiger partial charge in [-0.05, 0) is 38.7 Å². The smallest absolute Gasteiger partial charge is 0.319 e. The molecule has 2 amide bonds. The van der Waals surface area contributed by atoms with Crippen molar-refractivity contribution in [3.63, 3.8) is 0 Å². The Kier molecular flexibility index (Phi) is 6.39. The molecule has 7 nitrogen and oxygen atoms in total. The molecule has 0 spiro atoms. The zero-order valence-electron chi connectivity index (χ0n) is 16.4. The zero-order valence-corrected chi connectivity index (χ0v) is 16.4. The SMILES string of the molecule is C[C@H](NC(=O)Nc1cnn(Cc2ccccn2)c1)[C@H](c1ccccc1)N(C)C. The van der Waals surface area contributed by atoms with Gasteiger partial charge in [0.1, 0.15) is 0 Å². The Bertz CT molecular complexity index is 878. The van der Waals surface area contributed by atoms with Crippen molar-refractivity contribution >= 4 is 11.7 Å². The average Bonchev–Trinajstić information content (AvgIpc) is 3.09. The highest BCUT2D eigenvalue weighted by atomic mass is 16.2. The minimum Gasteiger partial charge on any atom is -0.333 e. The number of rotatable bonds is 7. The van der Waals surface area contributed by atoms with E-state index < -0.39 is 0 Å². The number of amides is 2. The highest BCUT2D eigenvalue weighted by molar-refractivity contribution is 5.89. The highest BCUT2D eigenvalue weighted by Gasteiger charge is 2.23. The van der Waals surface area contributed by atoms with Crippen LogP contribution >= 0.6 is 0 Å². The van der Waals surface area contributed by atoms with Gasteiger partial charge in [-0.1, -0.05) is 36.4 Å². The Morgan fingerprint density at radius 3 is 2.57 bits per heavy atom. The van der Waals surface area contributed by atoms with Gasteiger partial charge in [-0.2, -0.15) is 5.10 Å². The van der Waals surface area contributed by atoms with Gasteiger partial charge in [-0.15, -0.1) is 0 Å². The molecule has 2 N–H and O–H groups in total. The van der Waals surface area contributed by atoms with E-state index in [0.717, 1.165) is 11.3 Å². The maximum Gasteiger partial charge on any atom is 0.319 e. The third-order valence-electron chi connectivity index (χ3n) is 4.47. The fourth-order valence-corrected chi connectivity index (χ4v) is 3.31. The minimum atomic E-state index is -0.257. The van der Waals surface area contributed by atoms with Gasteiger partial charge >= 0.3 is 6.03 Å². The van der Waals surface area contributed by atoms with Gasteiger partial charge in [0, 0.05) is 18.4 Å². The number of likely N-dealkylation sites (N-methyl/N-ethyl adjacent to an activating group) is 1. The Morgan fingerprint density at radius 2 is 1.89 bits per heavy atom. The number of hydrogen-bond acceptors (Lipinski definition) is 4. The van der Waals surface area contributed by atoms with Crippen LogP contribution in [0, 0.1) is 0 Å². The van der Waals surface area contributed by atoms with Gasteiger partial charge in [0.15, 0.2) is 0 Å². The number of hydrogen-bond donors (Lipinski definition) is 2. The second kappa shape index (κ2) is 9.14. The van der Waals surface area contributed by atoms with Crippen LogP contribution in [0.5, 0.6) is 0 Å². The largest absolute Gasteiger partial charge is 0.333 e. The molecule has 0 saturated heterocycles. The van der Waals surface area contributed by atoms with Crippen LogP contribution in [0.2, 0.25) is 0 Å². The molecule has 2 heterocycles. The molecule has 3 rings (SSSR count). The molecule has 2 atom stereocenters. The number of carbonyl (C=O) groups is 1. The first-order valence-corrected chi connectivity index (χ1v) is 9.24. The second-order valence-electron chi connectivity index (χ2n) is 6.95. The molecule has 0 fully saturated rings. The molecule has 146 valence electrons. The van der Waals surface area contributed by atoms with Crippen molar-refractivity contribution in [3.05, 3.63) is 78.4 Å². The average molecular weight is 378 g/mol. The standard InChI is InChI=1S/C21H26N6O/c1-16(20(26(2)3)17-9-5-4-6-10-17)24-21(28)25-19-13-23-27(15-19)14-18-11-7-8-12-22-18/h4-13,15-16,20H,14H2,1-3H3,(H2,24,25,28)/t16-,20+/m0/s1. The molecule has 1 aromatic carbocycles. The summed E-state index contributed by atoms with van der Waals surface area (Å²) in [6.07, 6.45) is 5.17. The zero-order chi connectivity index (χ0) is 19.9. The maximum atomic E-state index is 12.5. The van der Waals surface area contributed by atoms with E-state index in [0.29, 0.717) is 12.2 Å². The molecule has 7 heteroatoms. The van der Waals surface area contributed by atoms with Crippen LogP contribution in [-0.4, -0.2) is 45.8 Å². The molecule has 0 bridgehead atoms. The highest BCUT2D eigenvalue weighted by Crippen LogP contribution is 2.21. The van der Waals surface area contributed by atoms with Crippen molar-refractivity contribution in [2.75, 3.05) is 19.4 Å². The number of aromatic nitrogens is 3. The summed E-state index contributed by atoms with van der Waals surface area (Å²) in [6.45, 7) is 2.55. The quantitative estimate of drug-likeness (QED) is 0.662. The van der Waals surface area contributed by atoms with Crippen molar-refractivity contribution in [3.8, 4) is 0 Å². The third kappa shape index (κ3) is 5.17. The summed E-state index contributed by atoms with van der Waals surface area (Å²) in [5, 5.41) is 10.2. The van der Waals surface area contributed by atoms with Crippen LogP contribution < -0.4 is 10.6 Å². The van der Waals surface area contributed by atoms with E-state index in [1.807, 2.05) is 57.4 Å². The predicted molar refractivity (Wildman–Crippen MR) is 110 cm³/mol. The summed E-state index contributed by atoms with van der Waals surface area (Å²) in [4.78, 5) is 18.8. The van der Waals surface area contributed by atoms with Crippen LogP contribution in [0.4, 0.5) is 10.5 Å². The van der Waals surface area contributed by atoms with Crippen LogP contribution in [0.25, 0.3) is 0 Å². The second-order valence-corrected chi connectivity index (χ2v) is 6.95. The minimum absolute atomic E-state index is 0.0684. The van der Waals surface area contributed by atoms with Crippen LogP contribution in [0.3, 0.4) is 0 Å². The Hall–Kier alpha value is -3.19. The number of benzene rings is 1. The first kappa shape index (κ1) is 19.6. The van der Waals surface area contributed by atoms with Gasteiger partial charge in [-0.25, -0.2) is 4.79 Å². The fraction of sp³-hybridized carbons (Fsp3) is 0.286. The van der Waals surface area contributed by atoms with Crippen molar-refractivity contribution < 1.29 is 4.79 Å². The topological polar surface area (TPSA) is 75.1 Å². The van der Waals surface area contributed by atoms with Gasteiger partial charge in [0.05, 0.1) is 30.2 Å². The number of nitrogens with zero attached hydrogens (tertiary/aromatic N) is 4. The summed E-state index contributed by atoms with van der Waals surface area (Å²) in [5.74, 6) is 0. The molecule has 0 aliphatic rings. The summed E-state index contributed by atoms with van der Waals surface area (Å²) in [7, 11) is 4.02. The third-order valence-corrected chi connectivity index (χ3v) is 4.47. The van der Waals surface area contributed by atoms with Crippen LogP contribution in [0.1, 0.15) is 24.2 Å². The van der Waals surface area contributed by atoms with Crippen LogP contribution in [0.15, 0.2) is 67.1 Å². The van der Waals surface area contributed by atoms with E-state index in [1.54, 1.807) is 23.3 Å². The molecule has 2 aromatic heterocycles. The Labute approximate surface area is 165 Å². The molecular formula is C21H26N6O. The Morgan fingerprint density at radius 1 is 1.14 bits per heavy atom. The molecule has 0 radical (unpaired) electrons. The lowest BCUT2D eigenvalue weighted by molar-refractivity contribution is 0.223. The number of urea groups is 1. The number of nitrogens with one attached hydrogen (secondary N) is 2. The normalized spacial score (nSPS) is 13.1. The molecule has 0 unspecified atom stereocenters. The molecule has 0 saturated carbocycles. The lowest BCUT2D eigenvalue weighted by Crippen LogP contribution is -2.44. The monoisotopic (exact) mass is 378 g/mol. The van der Waals surface area contributed by atoms with Crippen molar-refractivity contribution in [1.82, 2.24) is 25.0 Å². The molecular weight excluding hydrogens is 352 g/mol. The lowest BCUT2D eigenvalue weighted by Gasteiger charge is -2.31. The summed E-state index contributed by atoms with van der Waals surface area (Å²) in [6, 6.07) is 15.6. The van der Waals surface area contributed by atoms with E-state index in [4.69, 9.17) is 0 Å². The van der Waals surface area contributed by atoms with E-state index in [1.165, 1.54) is 0 Å². The molecule has 0 aliphatic carbocycles. The van der Waals surface area contributed by atoms with Gasteiger partial charge in [0.2, 0.25) is 0 Å². The summed E-state index contributed by atoms with van der Waals surface area (Å²) in [5.41, 5.74) is 2.71. The first-order chi connectivity index (χ1) is 13.5. The molecule has 0 aliphatic heterocycles. The van der Waals surface area contributed by atoms with Gasteiger partial charge in [-0.3, -0.25) is 9.67 Å². The van der Waals surface area contributed by atoms with Crippen molar-refractivity contribution in [2.24, 2.45) is 0 Å². The maximum absolute atomic E-state index is 12.5. The number of anilines is 1. The van der Waals surface area contributed by atoms with Gasteiger partial charge in [0.25, 0.3) is 0 Å². The predicted octanol–water partition coefficient (Wildman–Crippen LogP) is 3.14. The van der Waals surface area contributed by atoms with E-state index in [9.17, 15) is 4.79 Å². The number of carbonyl (C=O) groups excluding carboxylic acids is 1. The van der Waals surface area contributed by atoms with E-state index in [2.05, 4.69) is 37.7 Å². The van der Waals surface area contributed by atoms with Gasteiger partial charge < -0.3 is 15.5 Å². The van der Waals surface area contributed by atoms with Crippen LogP contribution in [-0.2, 0) is 6.54 Å². The number of pyridine rings is 1. The van der Waals surface area contributed by atoms with E-state index >= 15 is 0 Å². The lowest BCUT2D eigenvalue weighted by atomic mass is 9.99. The van der Waals surface area contributed by atoms with Crippen molar-refractivity contribution in [2.45, 2.75) is 25.6 Å². The summed E-state index contributed by atoms with van der Waals surface area (Å²) < 4.78 is 1.74.